The molecule has 0 aromatic heterocycles. The maximum absolute atomic E-state index is 11.5. The molecule has 0 aliphatic carbocycles. The quantitative estimate of drug-likeness (QED) is 0.0412. The third kappa shape index (κ3) is 64.1. The first-order valence-corrected chi connectivity index (χ1v) is 23.4. The van der Waals surface area contributed by atoms with E-state index in [0.29, 0.717) is 19.4 Å². The molecule has 3 N–H and O–H groups in total. The van der Waals surface area contributed by atoms with Gasteiger partial charge in [0.05, 0.1) is 19.4 Å². The van der Waals surface area contributed by atoms with Crippen LogP contribution < -0.4 is 0 Å². The van der Waals surface area contributed by atoms with Crippen LogP contribution >= 0.6 is 0 Å². The van der Waals surface area contributed by atoms with Crippen LogP contribution in [0.25, 0.3) is 0 Å². The van der Waals surface area contributed by atoms with Crippen LogP contribution in [0.15, 0.2) is 0 Å². The number of ether oxygens (including phenoxy) is 1. The van der Waals surface area contributed by atoms with E-state index >= 15 is 0 Å². The summed E-state index contributed by atoms with van der Waals surface area (Å²) in [6.45, 7) is 9.72. The van der Waals surface area contributed by atoms with Crippen molar-refractivity contribution >= 4 is 23.9 Å². The van der Waals surface area contributed by atoms with E-state index < -0.39 is 17.9 Å². The summed E-state index contributed by atoms with van der Waals surface area (Å²) in [7, 11) is 0. The SMILES string of the molecule is CC(C)CCCCCCCCCCCCCCC(=O)O.CCCCCCCCCCCCCCCCCCOC(=O)CCCCCC.O=C(O)CCC(=O)O. The summed E-state index contributed by atoms with van der Waals surface area (Å²) in [5, 5.41) is 24.3. The fraction of sp³-hybridized carbons (Fsp3) is 0.915. The van der Waals surface area contributed by atoms with Crippen molar-refractivity contribution in [3.63, 3.8) is 0 Å². The van der Waals surface area contributed by atoms with Crippen LogP contribution in [0.5, 0.6) is 0 Å². The predicted octanol–water partition coefficient (Wildman–Crippen LogP) is 14.9. The Morgan fingerprint density at radius 3 is 0.964 bits per heavy atom. The van der Waals surface area contributed by atoms with Crippen LogP contribution in [0.2, 0.25) is 0 Å². The standard InChI is InChI=1S/C25H50O2.C18H36O2.C4H6O4/c1-3-5-7-9-10-11-12-13-14-15-16-17-18-19-20-22-24-27-25(26)23-21-8-6-4-2;1-17(2)15-13-11-9-7-5-3-4-6-8-10-12-14-16-18(19)20;5-3(6)1-2-4(7)8/h3-24H2,1-2H3;17H,3-16H2,1-2H3,(H,19,20);1-2H2,(H,5,6)(H,7,8). The van der Waals surface area contributed by atoms with E-state index in [1.807, 2.05) is 0 Å². The molecule has 0 fully saturated rings. The van der Waals surface area contributed by atoms with E-state index in [9.17, 15) is 19.2 Å². The molecule has 0 heterocycles. The third-order valence-electron chi connectivity index (χ3n) is 9.97. The Morgan fingerprint density at radius 1 is 0.364 bits per heavy atom. The average molecular weight is 785 g/mol. The zero-order valence-electron chi connectivity index (χ0n) is 36.8. The molecule has 0 bridgehead atoms. The van der Waals surface area contributed by atoms with Crippen molar-refractivity contribution in [3.8, 4) is 0 Å². The zero-order valence-corrected chi connectivity index (χ0v) is 36.8. The highest BCUT2D eigenvalue weighted by Crippen LogP contribution is 2.16. The second-order valence-corrected chi connectivity index (χ2v) is 16.2. The molecule has 0 saturated carbocycles. The van der Waals surface area contributed by atoms with Gasteiger partial charge in [-0.1, -0.05) is 220 Å². The molecule has 0 amide bonds. The predicted molar refractivity (Wildman–Crippen MR) is 231 cm³/mol. The maximum Gasteiger partial charge on any atom is 0.305 e. The molecule has 0 aromatic carbocycles. The lowest BCUT2D eigenvalue weighted by atomic mass is 10.0. The van der Waals surface area contributed by atoms with Crippen molar-refractivity contribution in [3.05, 3.63) is 0 Å². The van der Waals surface area contributed by atoms with Gasteiger partial charge in [0.15, 0.2) is 0 Å². The number of aliphatic carboxylic acids is 3. The lowest BCUT2D eigenvalue weighted by Gasteiger charge is -2.05. The summed E-state index contributed by atoms with van der Waals surface area (Å²) in [5.74, 6) is -1.93. The van der Waals surface area contributed by atoms with Crippen LogP contribution in [0.1, 0.15) is 265 Å². The van der Waals surface area contributed by atoms with E-state index in [2.05, 4.69) is 27.7 Å². The Morgan fingerprint density at radius 2 is 0.636 bits per heavy atom. The van der Waals surface area contributed by atoms with E-state index in [1.54, 1.807) is 0 Å². The van der Waals surface area contributed by atoms with Crippen LogP contribution in [-0.2, 0) is 23.9 Å². The van der Waals surface area contributed by atoms with Gasteiger partial charge < -0.3 is 20.1 Å². The van der Waals surface area contributed by atoms with Crippen LogP contribution in [-0.4, -0.2) is 45.8 Å². The Labute approximate surface area is 340 Å². The van der Waals surface area contributed by atoms with Crippen LogP contribution in [0.3, 0.4) is 0 Å². The number of carbonyl (C=O) groups excluding carboxylic acids is 1. The van der Waals surface area contributed by atoms with Gasteiger partial charge in [-0.15, -0.1) is 0 Å². The Kier molecular flexibility index (Phi) is 51.9. The molecular weight excluding hydrogens is 693 g/mol. The fourth-order valence-electron chi connectivity index (χ4n) is 6.41. The fourth-order valence-corrected chi connectivity index (χ4v) is 6.41. The zero-order chi connectivity index (χ0) is 41.5. The van der Waals surface area contributed by atoms with Crippen molar-refractivity contribution in [2.24, 2.45) is 5.92 Å². The summed E-state index contributed by atoms with van der Waals surface area (Å²) in [6.07, 6.45) is 43.9. The molecule has 8 heteroatoms. The minimum absolute atomic E-state index is 0.00654. The lowest BCUT2D eigenvalue weighted by Crippen LogP contribution is -2.05. The number of hydrogen-bond acceptors (Lipinski definition) is 5. The van der Waals surface area contributed by atoms with Gasteiger partial charge in [-0.25, -0.2) is 0 Å². The summed E-state index contributed by atoms with van der Waals surface area (Å²) >= 11 is 0. The molecule has 0 unspecified atom stereocenters. The van der Waals surface area contributed by atoms with E-state index in [-0.39, 0.29) is 18.8 Å². The molecular formula is C47H92O8. The minimum atomic E-state index is -1.08. The van der Waals surface area contributed by atoms with Crippen LogP contribution in [0.4, 0.5) is 0 Å². The number of rotatable bonds is 40. The number of carboxylic acid groups (broad SMARTS) is 3. The van der Waals surface area contributed by atoms with Gasteiger partial charge in [0.1, 0.15) is 0 Å². The van der Waals surface area contributed by atoms with Crippen molar-refractivity contribution in [1.29, 1.82) is 0 Å². The van der Waals surface area contributed by atoms with E-state index in [1.165, 1.54) is 180 Å². The van der Waals surface area contributed by atoms with Crippen LogP contribution in [0, 0.1) is 5.92 Å². The molecule has 0 spiro atoms. The summed E-state index contributed by atoms with van der Waals surface area (Å²) in [5.41, 5.74) is 0. The summed E-state index contributed by atoms with van der Waals surface area (Å²) in [6, 6.07) is 0. The number of esters is 1. The Balaban J connectivity index is -0.000000843. The average Bonchev–Trinajstić information content (AvgIpc) is 3.14. The topological polar surface area (TPSA) is 138 Å². The van der Waals surface area contributed by atoms with Gasteiger partial charge >= 0.3 is 23.9 Å². The maximum atomic E-state index is 11.5. The summed E-state index contributed by atoms with van der Waals surface area (Å²) < 4.78 is 5.30. The number of carboxylic acids is 3. The summed E-state index contributed by atoms with van der Waals surface area (Å²) in [4.78, 5) is 41.2. The molecule has 0 saturated heterocycles. The molecule has 0 atom stereocenters. The highest BCUT2D eigenvalue weighted by atomic mass is 16.5. The van der Waals surface area contributed by atoms with Gasteiger partial charge in [-0.05, 0) is 25.2 Å². The Hall–Kier alpha value is -2.12. The molecule has 0 aliphatic rings. The van der Waals surface area contributed by atoms with Crippen molar-refractivity contribution < 1.29 is 39.2 Å². The largest absolute Gasteiger partial charge is 0.481 e. The number of unbranched alkanes of at least 4 members (excludes halogenated alkanes) is 29. The molecule has 0 rings (SSSR count). The smallest absolute Gasteiger partial charge is 0.305 e. The second kappa shape index (κ2) is 49.9. The first-order valence-electron chi connectivity index (χ1n) is 23.4. The van der Waals surface area contributed by atoms with Crippen molar-refractivity contribution in [2.75, 3.05) is 6.61 Å². The Bertz CT molecular complexity index is 799. The molecule has 328 valence electrons. The van der Waals surface area contributed by atoms with Crippen molar-refractivity contribution in [2.45, 2.75) is 265 Å². The highest BCUT2D eigenvalue weighted by molar-refractivity contribution is 5.75. The molecule has 55 heavy (non-hydrogen) atoms. The van der Waals surface area contributed by atoms with E-state index in [0.717, 1.165) is 38.0 Å². The minimum Gasteiger partial charge on any atom is -0.481 e. The molecule has 0 radical (unpaired) electrons. The van der Waals surface area contributed by atoms with Gasteiger partial charge in [-0.2, -0.15) is 0 Å². The van der Waals surface area contributed by atoms with Crippen molar-refractivity contribution in [1.82, 2.24) is 0 Å². The second-order valence-electron chi connectivity index (χ2n) is 16.2. The van der Waals surface area contributed by atoms with Gasteiger partial charge in [0.2, 0.25) is 0 Å². The van der Waals surface area contributed by atoms with E-state index in [4.69, 9.17) is 20.1 Å². The molecule has 0 aliphatic heterocycles. The lowest BCUT2D eigenvalue weighted by molar-refractivity contribution is -0.144. The normalized spacial score (nSPS) is 10.7. The van der Waals surface area contributed by atoms with Gasteiger partial charge in [0, 0.05) is 12.8 Å². The first kappa shape index (κ1) is 57.2. The first-order chi connectivity index (χ1) is 26.6. The third-order valence-corrected chi connectivity index (χ3v) is 9.97. The molecule has 8 nitrogen and oxygen atoms in total. The number of hydrogen-bond donors (Lipinski definition) is 3. The van der Waals surface area contributed by atoms with Gasteiger partial charge in [-0.3, -0.25) is 19.2 Å². The molecule has 0 aromatic rings. The monoisotopic (exact) mass is 785 g/mol. The van der Waals surface area contributed by atoms with Gasteiger partial charge in [0.25, 0.3) is 0 Å². The highest BCUT2D eigenvalue weighted by Gasteiger charge is 2.03. The number of carbonyl (C=O) groups is 4.